The highest BCUT2D eigenvalue weighted by Crippen LogP contribution is 2.65. The van der Waals surface area contributed by atoms with Gasteiger partial charge in [-0.25, -0.2) is 4.39 Å². The number of likely N-dealkylation sites (tertiary alicyclic amines) is 1. The third-order valence-corrected chi connectivity index (χ3v) is 5.76. The van der Waals surface area contributed by atoms with Gasteiger partial charge in [0.2, 0.25) is 5.91 Å². The van der Waals surface area contributed by atoms with Gasteiger partial charge in [-0.3, -0.25) is 9.78 Å². The number of hydrogen-bond acceptors (Lipinski definition) is 2. The summed E-state index contributed by atoms with van der Waals surface area (Å²) in [4.78, 5) is 19.2. The Kier molecular flexibility index (Phi) is 3.27. The first kappa shape index (κ1) is 15.3. The largest absolute Gasteiger partial charge is 0.341 e. The van der Waals surface area contributed by atoms with E-state index in [0.29, 0.717) is 31.0 Å². The molecule has 4 rings (SSSR count). The molecule has 1 amide bonds. The lowest BCUT2D eigenvalue weighted by Crippen LogP contribution is -2.53. The minimum atomic E-state index is -0.710. The summed E-state index contributed by atoms with van der Waals surface area (Å²) in [5, 5.41) is 0. The summed E-state index contributed by atoms with van der Waals surface area (Å²) < 4.78 is 14.4. The molecule has 1 atom stereocenters. The number of hydrogen-bond donors (Lipinski definition) is 0. The monoisotopic (exact) mass is 324 g/mol. The Morgan fingerprint density at radius 2 is 1.92 bits per heavy atom. The molecule has 0 bridgehead atoms. The van der Waals surface area contributed by atoms with Gasteiger partial charge in [-0.2, -0.15) is 0 Å². The van der Waals surface area contributed by atoms with Crippen LogP contribution in [0.4, 0.5) is 4.39 Å². The van der Waals surface area contributed by atoms with Gasteiger partial charge in [-0.1, -0.05) is 38.1 Å². The molecule has 1 aliphatic carbocycles. The third-order valence-electron chi connectivity index (χ3n) is 5.76. The first-order valence-corrected chi connectivity index (χ1v) is 8.40. The van der Waals surface area contributed by atoms with Gasteiger partial charge in [-0.05, 0) is 29.5 Å². The van der Waals surface area contributed by atoms with Crippen molar-refractivity contribution in [2.45, 2.75) is 31.6 Å². The van der Waals surface area contributed by atoms with E-state index in [0.717, 1.165) is 5.56 Å². The zero-order chi connectivity index (χ0) is 16.9. The fourth-order valence-electron chi connectivity index (χ4n) is 4.11. The molecule has 2 aliphatic rings. The molecule has 24 heavy (non-hydrogen) atoms. The maximum Gasteiger partial charge on any atom is 0.233 e. The second-order valence-electron chi connectivity index (χ2n) is 7.64. The quantitative estimate of drug-likeness (QED) is 0.865. The number of rotatable bonds is 3. The average molecular weight is 324 g/mol. The van der Waals surface area contributed by atoms with Gasteiger partial charge in [0, 0.05) is 37.0 Å². The van der Waals surface area contributed by atoms with Gasteiger partial charge in [0.05, 0.1) is 5.41 Å². The van der Waals surface area contributed by atoms with Crippen LogP contribution in [0.15, 0.2) is 48.8 Å². The van der Waals surface area contributed by atoms with Gasteiger partial charge in [-0.15, -0.1) is 0 Å². The summed E-state index contributed by atoms with van der Waals surface area (Å²) in [6.45, 7) is 5.49. The first-order valence-electron chi connectivity index (χ1n) is 8.40. The highest BCUT2D eigenvalue weighted by molar-refractivity contribution is 5.94. The van der Waals surface area contributed by atoms with E-state index >= 15 is 0 Å². The van der Waals surface area contributed by atoms with Gasteiger partial charge in [0.25, 0.3) is 0 Å². The predicted molar refractivity (Wildman–Crippen MR) is 90.0 cm³/mol. The van der Waals surface area contributed by atoms with Crippen molar-refractivity contribution in [3.63, 3.8) is 0 Å². The molecule has 1 saturated carbocycles. The molecular formula is C20H21FN2O. The van der Waals surface area contributed by atoms with Crippen LogP contribution in [0, 0.1) is 11.2 Å². The number of benzene rings is 1. The number of nitrogens with zero attached hydrogens (tertiary/aromatic N) is 2. The van der Waals surface area contributed by atoms with Crippen LogP contribution >= 0.6 is 0 Å². The minimum Gasteiger partial charge on any atom is -0.341 e. The topological polar surface area (TPSA) is 33.2 Å². The van der Waals surface area contributed by atoms with E-state index < -0.39 is 5.41 Å². The SMILES string of the molecule is CC1(C)C[C@@]1(C(=O)N1CC(c2cccnc2)C1)c1ccccc1F. The number of carbonyl (C=O) groups excluding carboxylic acids is 1. The van der Waals surface area contributed by atoms with Crippen LogP contribution in [0.2, 0.25) is 0 Å². The second kappa shape index (κ2) is 5.13. The normalized spacial score (nSPS) is 25.2. The summed E-state index contributed by atoms with van der Waals surface area (Å²) in [5.74, 6) is 0.126. The molecule has 1 saturated heterocycles. The molecule has 0 unspecified atom stereocenters. The van der Waals surface area contributed by atoms with Crippen LogP contribution < -0.4 is 0 Å². The zero-order valence-corrected chi connectivity index (χ0v) is 14.0. The fraction of sp³-hybridized carbons (Fsp3) is 0.400. The molecule has 2 aromatic rings. The van der Waals surface area contributed by atoms with Crippen molar-refractivity contribution in [2.75, 3.05) is 13.1 Å². The van der Waals surface area contributed by atoms with Gasteiger partial charge >= 0.3 is 0 Å². The van der Waals surface area contributed by atoms with Crippen molar-refractivity contribution in [3.05, 3.63) is 65.7 Å². The minimum absolute atomic E-state index is 0.0674. The van der Waals surface area contributed by atoms with Crippen LogP contribution in [0.3, 0.4) is 0 Å². The average Bonchev–Trinajstić information content (AvgIpc) is 3.11. The van der Waals surface area contributed by atoms with Gasteiger partial charge < -0.3 is 4.90 Å². The Labute approximate surface area is 141 Å². The van der Waals surface area contributed by atoms with Crippen molar-refractivity contribution in [3.8, 4) is 0 Å². The molecule has 4 heteroatoms. The molecule has 0 radical (unpaired) electrons. The van der Waals surface area contributed by atoms with Crippen molar-refractivity contribution < 1.29 is 9.18 Å². The summed E-state index contributed by atoms with van der Waals surface area (Å²) in [6, 6.07) is 10.7. The molecule has 3 nitrogen and oxygen atoms in total. The molecule has 2 fully saturated rings. The van der Waals surface area contributed by atoms with Crippen molar-refractivity contribution in [2.24, 2.45) is 5.41 Å². The molecule has 124 valence electrons. The van der Waals surface area contributed by atoms with Crippen molar-refractivity contribution in [1.29, 1.82) is 0 Å². The highest BCUT2D eigenvalue weighted by atomic mass is 19.1. The maximum absolute atomic E-state index is 14.4. The molecule has 2 heterocycles. The van der Waals surface area contributed by atoms with Crippen LogP contribution in [-0.4, -0.2) is 28.9 Å². The zero-order valence-electron chi connectivity index (χ0n) is 14.0. The fourth-order valence-corrected chi connectivity index (χ4v) is 4.11. The Morgan fingerprint density at radius 3 is 2.50 bits per heavy atom. The van der Waals surface area contributed by atoms with E-state index in [1.807, 2.05) is 29.3 Å². The predicted octanol–water partition coefficient (Wildman–Crippen LogP) is 3.51. The molecule has 0 spiro atoms. The van der Waals surface area contributed by atoms with E-state index in [4.69, 9.17) is 0 Å². The van der Waals surface area contributed by atoms with Crippen molar-refractivity contribution in [1.82, 2.24) is 9.88 Å². The second-order valence-corrected chi connectivity index (χ2v) is 7.64. The Hall–Kier alpha value is -2.23. The molecule has 1 aliphatic heterocycles. The summed E-state index contributed by atoms with van der Waals surface area (Å²) in [7, 11) is 0. The van der Waals surface area contributed by atoms with E-state index in [9.17, 15) is 9.18 Å². The van der Waals surface area contributed by atoms with Crippen LogP contribution in [0.5, 0.6) is 0 Å². The van der Waals surface area contributed by atoms with Gasteiger partial charge in [0.1, 0.15) is 5.82 Å². The Bertz CT molecular complexity index is 783. The molecule has 0 N–H and O–H groups in total. The highest BCUT2D eigenvalue weighted by Gasteiger charge is 2.69. The lowest BCUT2D eigenvalue weighted by molar-refractivity contribution is -0.139. The van der Waals surface area contributed by atoms with E-state index in [2.05, 4.69) is 18.8 Å². The Balaban J connectivity index is 1.57. The van der Waals surface area contributed by atoms with Crippen LogP contribution in [-0.2, 0) is 10.2 Å². The van der Waals surface area contributed by atoms with E-state index in [-0.39, 0.29) is 17.1 Å². The molecule has 1 aromatic carbocycles. The number of carbonyl (C=O) groups is 1. The summed E-state index contributed by atoms with van der Waals surface area (Å²) in [6.07, 6.45) is 4.32. The lowest BCUT2D eigenvalue weighted by atomic mass is 9.83. The smallest absolute Gasteiger partial charge is 0.233 e. The maximum atomic E-state index is 14.4. The van der Waals surface area contributed by atoms with Crippen LogP contribution in [0.25, 0.3) is 0 Å². The van der Waals surface area contributed by atoms with E-state index in [1.54, 1.807) is 18.3 Å². The number of aromatic nitrogens is 1. The number of pyridine rings is 1. The number of amides is 1. The number of halogens is 1. The van der Waals surface area contributed by atoms with Gasteiger partial charge in [0.15, 0.2) is 0 Å². The van der Waals surface area contributed by atoms with E-state index in [1.165, 1.54) is 6.07 Å². The van der Waals surface area contributed by atoms with Crippen LogP contribution in [0.1, 0.15) is 37.3 Å². The third kappa shape index (κ3) is 2.09. The summed E-state index contributed by atoms with van der Waals surface area (Å²) >= 11 is 0. The van der Waals surface area contributed by atoms with Crippen molar-refractivity contribution >= 4 is 5.91 Å². The molecule has 1 aromatic heterocycles. The first-order chi connectivity index (χ1) is 11.5. The molecular weight excluding hydrogens is 303 g/mol. The summed E-state index contributed by atoms with van der Waals surface area (Å²) in [5.41, 5.74) is 0.797. The lowest BCUT2D eigenvalue weighted by Gasteiger charge is -2.42. The standard InChI is InChI=1S/C20H21FN2O/c1-19(2)13-20(19,16-7-3-4-8-17(16)21)18(24)23-11-15(12-23)14-6-5-9-22-10-14/h3-10,15H,11-13H2,1-2H3/t20-/m0/s1. The Morgan fingerprint density at radius 1 is 1.21 bits per heavy atom.